The second-order valence-electron chi connectivity index (χ2n) is 5.94. The lowest BCUT2D eigenvalue weighted by Crippen LogP contribution is -2.50. The summed E-state index contributed by atoms with van der Waals surface area (Å²) >= 11 is 0. The van der Waals surface area contributed by atoms with Crippen molar-refractivity contribution < 1.29 is 4.52 Å². The molecule has 1 aromatic heterocycles. The summed E-state index contributed by atoms with van der Waals surface area (Å²) in [7, 11) is 0. The molecule has 0 aliphatic carbocycles. The van der Waals surface area contributed by atoms with Crippen LogP contribution in [0.5, 0.6) is 0 Å². The molecular weight excluding hydrogens is 216 g/mol. The van der Waals surface area contributed by atoms with E-state index in [1.54, 1.807) is 0 Å². The van der Waals surface area contributed by atoms with Gasteiger partial charge < -0.3 is 15.2 Å². The van der Waals surface area contributed by atoms with Crippen LogP contribution in [0, 0.1) is 0 Å². The third-order valence-corrected chi connectivity index (χ3v) is 3.95. The first-order chi connectivity index (χ1) is 7.82. The van der Waals surface area contributed by atoms with Crippen LogP contribution in [0.15, 0.2) is 4.52 Å². The van der Waals surface area contributed by atoms with Gasteiger partial charge in [0.2, 0.25) is 5.89 Å². The van der Waals surface area contributed by atoms with Crippen LogP contribution in [-0.2, 0) is 5.41 Å². The Bertz CT molecular complexity index is 385. The van der Waals surface area contributed by atoms with E-state index in [0.717, 1.165) is 13.1 Å². The van der Waals surface area contributed by atoms with Crippen LogP contribution in [0.3, 0.4) is 0 Å². The highest BCUT2D eigenvalue weighted by Crippen LogP contribution is 2.32. The van der Waals surface area contributed by atoms with E-state index >= 15 is 0 Å². The van der Waals surface area contributed by atoms with Crippen molar-refractivity contribution in [1.82, 2.24) is 10.1 Å². The van der Waals surface area contributed by atoms with Crippen LogP contribution in [0.4, 0.5) is 5.95 Å². The summed E-state index contributed by atoms with van der Waals surface area (Å²) in [4.78, 5) is 6.66. The molecule has 0 amide bonds. The van der Waals surface area contributed by atoms with Gasteiger partial charge in [0.05, 0.1) is 5.41 Å². The van der Waals surface area contributed by atoms with Crippen molar-refractivity contribution in [2.24, 2.45) is 5.73 Å². The van der Waals surface area contributed by atoms with Crippen molar-refractivity contribution in [2.75, 3.05) is 18.0 Å². The predicted molar refractivity (Wildman–Crippen MR) is 67.0 cm³/mol. The zero-order valence-electron chi connectivity index (χ0n) is 11.2. The highest BCUT2D eigenvalue weighted by atomic mass is 16.5. The van der Waals surface area contributed by atoms with Gasteiger partial charge in [-0.25, -0.2) is 0 Å². The molecule has 1 aromatic rings. The minimum atomic E-state index is -0.401. The quantitative estimate of drug-likeness (QED) is 0.867. The maximum absolute atomic E-state index is 6.17. The molecule has 0 bridgehead atoms. The molecular formula is C12H22N4O. The monoisotopic (exact) mass is 238 g/mol. The minimum Gasteiger partial charge on any atom is -0.338 e. The lowest BCUT2D eigenvalue weighted by Gasteiger charge is -2.34. The summed E-state index contributed by atoms with van der Waals surface area (Å²) in [6.45, 7) is 10.1. The van der Waals surface area contributed by atoms with E-state index in [1.807, 2.05) is 27.7 Å². The fraction of sp³-hybridized carbons (Fsp3) is 0.833. The topological polar surface area (TPSA) is 68.2 Å². The Labute approximate surface area is 102 Å². The summed E-state index contributed by atoms with van der Waals surface area (Å²) in [6, 6.07) is 0. The lowest BCUT2D eigenvalue weighted by atomic mass is 9.75. The van der Waals surface area contributed by atoms with E-state index < -0.39 is 5.54 Å². The molecule has 5 nitrogen and oxygen atoms in total. The molecule has 1 fully saturated rings. The third kappa shape index (κ3) is 2.16. The Kier molecular flexibility index (Phi) is 2.89. The van der Waals surface area contributed by atoms with E-state index in [-0.39, 0.29) is 5.41 Å². The predicted octanol–water partition coefficient (Wildman–Crippen LogP) is 1.68. The Morgan fingerprint density at radius 3 is 2.29 bits per heavy atom. The Hall–Kier alpha value is -1.10. The van der Waals surface area contributed by atoms with Crippen molar-refractivity contribution in [3.63, 3.8) is 0 Å². The van der Waals surface area contributed by atoms with Gasteiger partial charge in [0, 0.05) is 18.6 Å². The van der Waals surface area contributed by atoms with E-state index in [1.165, 1.54) is 12.8 Å². The van der Waals surface area contributed by atoms with E-state index in [4.69, 9.17) is 10.3 Å². The van der Waals surface area contributed by atoms with Crippen LogP contribution in [0.1, 0.15) is 46.4 Å². The van der Waals surface area contributed by atoms with Crippen LogP contribution in [-0.4, -0.2) is 28.8 Å². The first kappa shape index (κ1) is 12.4. The largest absolute Gasteiger partial charge is 0.338 e. The zero-order chi connectivity index (χ0) is 12.7. The first-order valence-electron chi connectivity index (χ1n) is 6.20. The van der Waals surface area contributed by atoms with Gasteiger partial charge in [-0.2, -0.15) is 4.98 Å². The van der Waals surface area contributed by atoms with Gasteiger partial charge in [0.1, 0.15) is 0 Å². The minimum absolute atomic E-state index is 0.335. The molecule has 2 rings (SSSR count). The molecule has 2 N–H and O–H groups in total. The molecule has 0 aromatic carbocycles. The van der Waals surface area contributed by atoms with E-state index in [0.29, 0.717) is 11.8 Å². The fourth-order valence-corrected chi connectivity index (χ4v) is 1.79. The van der Waals surface area contributed by atoms with E-state index in [9.17, 15) is 0 Å². The molecule has 2 heterocycles. The molecule has 17 heavy (non-hydrogen) atoms. The first-order valence-corrected chi connectivity index (χ1v) is 6.20. The van der Waals surface area contributed by atoms with Crippen LogP contribution in [0.2, 0.25) is 0 Å². The summed E-state index contributed by atoms with van der Waals surface area (Å²) in [5, 5.41) is 4.06. The highest BCUT2D eigenvalue weighted by Gasteiger charge is 2.40. The standard InChI is InChI=1S/C12H22N4O/c1-11(2,12(3,4)13)9-14-10(15-17-9)16-7-5-6-8-16/h5-8,13H2,1-4H3. The summed E-state index contributed by atoms with van der Waals surface area (Å²) in [5.74, 6) is 1.32. The van der Waals surface area contributed by atoms with Gasteiger partial charge in [-0.3, -0.25) is 0 Å². The molecule has 0 radical (unpaired) electrons. The highest BCUT2D eigenvalue weighted by molar-refractivity contribution is 5.30. The van der Waals surface area contributed by atoms with Gasteiger partial charge in [-0.15, -0.1) is 0 Å². The molecule has 1 aliphatic rings. The Balaban J connectivity index is 2.23. The zero-order valence-corrected chi connectivity index (χ0v) is 11.2. The smallest absolute Gasteiger partial charge is 0.266 e. The Morgan fingerprint density at radius 2 is 1.76 bits per heavy atom. The average Bonchev–Trinajstić information content (AvgIpc) is 2.87. The number of nitrogens with two attached hydrogens (primary N) is 1. The lowest BCUT2D eigenvalue weighted by molar-refractivity contribution is 0.223. The molecule has 0 saturated carbocycles. The summed E-state index contributed by atoms with van der Waals surface area (Å²) in [6.07, 6.45) is 2.41. The van der Waals surface area contributed by atoms with E-state index in [2.05, 4.69) is 15.0 Å². The van der Waals surface area contributed by atoms with Crippen molar-refractivity contribution in [1.29, 1.82) is 0 Å². The number of nitrogens with zero attached hydrogens (tertiary/aromatic N) is 3. The second kappa shape index (κ2) is 3.98. The van der Waals surface area contributed by atoms with Gasteiger partial charge in [-0.05, 0) is 45.7 Å². The number of rotatable bonds is 3. The maximum atomic E-state index is 6.17. The molecule has 96 valence electrons. The van der Waals surface area contributed by atoms with Crippen molar-refractivity contribution >= 4 is 5.95 Å². The van der Waals surface area contributed by atoms with Crippen LogP contribution < -0.4 is 10.6 Å². The van der Waals surface area contributed by atoms with Crippen LogP contribution >= 0.6 is 0 Å². The average molecular weight is 238 g/mol. The molecule has 5 heteroatoms. The van der Waals surface area contributed by atoms with Gasteiger partial charge in [0.15, 0.2) is 0 Å². The number of aromatic nitrogens is 2. The van der Waals surface area contributed by atoms with Crippen LogP contribution in [0.25, 0.3) is 0 Å². The molecule has 0 spiro atoms. The molecule has 0 unspecified atom stereocenters. The van der Waals surface area contributed by atoms with Gasteiger partial charge in [-0.1, -0.05) is 0 Å². The molecule has 0 atom stereocenters. The maximum Gasteiger partial charge on any atom is 0.266 e. The summed E-state index contributed by atoms with van der Waals surface area (Å²) in [5.41, 5.74) is 5.43. The van der Waals surface area contributed by atoms with Gasteiger partial charge >= 0.3 is 0 Å². The van der Waals surface area contributed by atoms with Gasteiger partial charge in [0.25, 0.3) is 5.95 Å². The second-order valence-corrected chi connectivity index (χ2v) is 5.94. The summed E-state index contributed by atoms with van der Waals surface area (Å²) < 4.78 is 5.39. The van der Waals surface area contributed by atoms with Crippen molar-refractivity contribution in [3.05, 3.63) is 5.89 Å². The van der Waals surface area contributed by atoms with Crippen molar-refractivity contribution in [2.45, 2.75) is 51.5 Å². The number of hydrogen-bond donors (Lipinski definition) is 1. The SMILES string of the molecule is CC(C)(N)C(C)(C)c1nc(N2CCCC2)no1. The normalized spacial score (nSPS) is 17.8. The number of hydrogen-bond acceptors (Lipinski definition) is 5. The van der Waals surface area contributed by atoms with Crippen molar-refractivity contribution in [3.8, 4) is 0 Å². The Morgan fingerprint density at radius 1 is 1.18 bits per heavy atom. The third-order valence-electron chi connectivity index (χ3n) is 3.95. The molecule has 1 aliphatic heterocycles. The number of anilines is 1. The fourth-order valence-electron chi connectivity index (χ4n) is 1.79. The molecule has 1 saturated heterocycles.